The number of phenols is 4. The predicted molar refractivity (Wildman–Crippen MR) is 230 cm³/mol. The number of aliphatic hydroxyl groups is 8. The van der Waals surface area contributed by atoms with Crippen LogP contribution in [0.15, 0.2) is 46.6 Å². The van der Waals surface area contributed by atoms with E-state index in [2.05, 4.69) is 0 Å². The van der Waals surface area contributed by atoms with Gasteiger partial charge in [-0.05, 0) is 32.4 Å². The van der Waals surface area contributed by atoms with Crippen molar-refractivity contribution in [2.45, 2.75) is 68.6 Å². The molecule has 0 aromatic heterocycles. The number of aliphatic hydroxyl groups excluding tert-OH is 6. The summed E-state index contributed by atoms with van der Waals surface area (Å²) in [6.45, 7) is 3.01. The summed E-state index contributed by atoms with van der Waals surface area (Å²) in [4.78, 5) is 88.9. The zero-order chi connectivity index (χ0) is 50.7. The Hall–Kier alpha value is -7.34. The van der Waals surface area contributed by atoms with Crippen LogP contribution in [0.5, 0.6) is 40.2 Å². The second kappa shape index (κ2) is 15.1. The van der Waals surface area contributed by atoms with Crippen LogP contribution in [0.2, 0.25) is 0 Å². The Morgan fingerprint density at radius 1 is 0.420 bits per heavy atom. The van der Waals surface area contributed by atoms with Crippen LogP contribution in [0.3, 0.4) is 0 Å². The fourth-order valence-electron chi connectivity index (χ4n) is 10.3. The van der Waals surface area contributed by atoms with E-state index in [9.17, 15) is 80.5 Å². The standard InChI is InChI=1S/C48H40O21/c1-11-7-12-19(26(34(11)52)25-18(69-6)10-15(51)22-29(25)40(58)33-31(38(22)56)42(60)46(64)48(3,66)44(33)62)36(54)20-13(49)8-16(67-4)23(27(20)35(12)53)24-17(68-5)9-14(50)21-28(24)39(57)32-30(37(21)55)41(59)45(63)47(2,65)43(32)61/h7-10,41-46,49-52,59-66H,1-6H3/t41-,42-,43+,44+,45+,46+,47-,48-/m0/s1. The van der Waals surface area contributed by atoms with Gasteiger partial charge in [-0.2, -0.15) is 0 Å². The number of hydrogen-bond donors (Lipinski definition) is 12. The molecule has 358 valence electrons. The molecular weight excluding hydrogens is 913 g/mol. The van der Waals surface area contributed by atoms with Gasteiger partial charge >= 0.3 is 0 Å². The molecule has 8 atom stereocenters. The maximum Gasteiger partial charge on any atom is 0.199 e. The Balaban J connectivity index is 1.35. The first-order chi connectivity index (χ1) is 32.2. The number of rotatable bonds is 5. The summed E-state index contributed by atoms with van der Waals surface area (Å²) in [5.41, 5.74) is -17.9. The number of aromatic hydroxyl groups is 4. The van der Waals surface area contributed by atoms with Crippen LogP contribution in [-0.4, -0.2) is 165 Å². The molecule has 0 unspecified atom stereocenters. The van der Waals surface area contributed by atoms with Crippen molar-refractivity contribution >= 4 is 34.7 Å². The van der Waals surface area contributed by atoms with Gasteiger partial charge in [0, 0.05) is 90.6 Å². The van der Waals surface area contributed by atoms with Gasteiger partial charge < -0.3 is 75.5 Å². The van der Waals surface area contributed by atoms with Crippen molar-refractivity contribution < 1.29 is 104 Å². The van der Waals surface area contributed by atoms with Gasteiger partial charge in [0.1, 0.15) is 88.1 Å². The van der Waals surface area contributed by atoms with Crippen LogP contribution in [0.4, 0.5) is 0 Å². The van der Waals surface area contributed by atoms with E-state index >= 15 is 9.59 Å². The number of hydrogen-bond acceptors (Lipinski definition) is 21. The van der Waals surface area contributed by atoms with Crippen molar-refractivity contribution in [3.05, 3.63) is 96.6 Å². The highest BCUT2D eigenvalue weighted by Crippen LogP contribution is 2.57. The molecule has 9 rings (SSSR count). The van der Waals surface area contributed by atoms with Gasteiger partial charge in [-0.1, -0.05) is 0 Å². The van der Waals surface area contributed by atoms with Gasteiger partial charge in [0.15, 0.2) is 34.7 Å². The van der Waals surface area contributed by atoms with E-state index in [4.69, 9.17) is 14.2 Å². The molecule has 21 heteroatoms. The molecule has 0 spiro atoms. The number of phenolic OH excluding ortho intramolecular Hbond substituents is 4. The van der Waals surface area contributed by atoms with Crippen molar-refractivity contribution in [2.24, 2.45) is 0 Å². The number of fused-ring (bicyclic) bond motifs is 4. The number of ether oxygens (including phenoxy) is 3. The summed E-state index contributed by atoms with van der Waals surface area (Å²) in [5.74, 6) is -13.0. The van der Waals surface area contributed by atoms with Crippen molar-refractivity contribution in [2.75, 3.05) is 21.3 Å². The average Bonchev–Trinajstić information content (AvgIpc) is 3.30. The average molecular weight is 953 g/mol. The van der Waals surface area contributed by atoms with Gasteiger partial charge in [-0.3, -0.25) is 28.8 Å². The van der Waals surface area contributed by atoms with Gasteiger partial charge in [-0.25, -0.2) is 0 Å². The maximum absolute atomic E-state index is 15.4. The van der Waals surface area contributed by atoms with E-state index in [0.29, 0.717) is 0 Å². The Morgan fingerprint density at radius 3 is 1.10 bits per heavy atom. The van der Waals surface area contributed by atoms with E-state index in [1.807, 2.05) is 0 Å². The normalized spacial score (nSPS) is 27.1. The molecule has 5 aliphatic rings. The van der Waals surface area contributed by atoms with Crippen LogP contribution in [0.1, 0.15) is 92.7 Å². The third kappa shape index (κ3) is 5.74. The number of ketones is 6. The van der Waals surface area contributed by atoms with E-state index < -0.39 is 212 Å². The van der Waals surface area contributed by atoms with Gasteiger partial charge in [-0.15, -0.1) is 0 Å². The third-order valence-corrected chi connectivity index (χ3v) is 13.9. The van der Waals surface area contributed by atoms with Crippen LogP contribution < -0.4 is 14.2 Å². The zero-order valence-corrected chi connectivity index (χ0v) is 36.8. The van der Waals surface area contributed by atoms with E-state index in [0.717, 1.165) is 59.4 Å². The number of aryl methyl sites for hydroxylation is 1. The molecule has 0 amide bonds. The lowest BCUT2D eigenvalue weighted by atomic mass is 9.66. The van der Waals surface area contributed by atoms with Gasteiger partial charge in [0.25, 0.3) is 0 Å². The smallest absolute Gasteiger partial charge is 0.199 e. The molecule has 69 heavy (non-hydrogen) atoms. The van der Waals surface area contributed by atoms with Crippen LogP contribution in [0.25, 0.3) is 22.3 Å². The van der Waals surface area contributed by atoms with Crippen LogP contribution in [0, 0.1) is 6.92 Å². The summed E-state index contributed by atoms with van der Waals surface area (Å²) in [6.07, 6.45) is -13.7. The number of carbonyl (C=O) groups excluding carboxylic acids is 6. The number of methoxy groups -OCH3 is 3. The molecule has 5 aliphatic carbocycles. The van der Waals surface area contributed by atoms with E-state index in [1.165, 1.54) is 6.92 Å². The fourth-order valence-corrected chi connectivity index (χ4v) is 10.3. The first-order valence-corrected chi connectivity index (χ1v) is 20.7. The van der Waals surface area contributed by atoms with Crippen molar-refractivity contribution in [3.8, 4) is 62.5 Å². The summed E-state index contributed by atoms with van der Waals surface area (Å²) in [6, 6.07) is 3.51. The largest absolute Gasteiger partial charge is 0.507 e. The highest BCUT2D eigenvalue weighted by molar-refractivity contribution is 6.37. The maximum atomic E-state index is 15.4. The molecule has 12 N–H and O–H groups in total. The Bertz CT molecular complexity index is 3240. The second-order valence-electron chi connectivity index (χ2n) is 17.7. The summed E-state index contributed by atoms with van der Waals surface area (Å²) in [7, 11) is 3.14. The van der Waals surface area contributed by atoms with Crippen LogP contribution in [-0.2, 0) is 0 Å². The van der Waals surface area contributed by atoms with Crippen molar-refractivity contribution in [1.29, 1.82) is 0 Å². The van der Waals surface area contributed by atoms with Crippen LogP contribution >= 0.6 is 0 Å². The Labute approximate surface area is 387 Å². The summed E-state index contributed by atoms with van der Waals surface area (Å²) in [5, 5.41) is 134. The predicted octanol–water partition coefficient (Wildman–Crippen LogP) is -0.00158. The third-order valence-electron chi connectivity index (χ3n) is 13.9. The molecule has 21 nitrogen and oxygen atoms in total. The van der Waals surface area contributed by atoms with Gasteiger partial charge in [0.05, 0.1) is 38.0 Å². The first kappa shape index (κ1) is 46.8. The number of Topliss-reactive ketones (excluding diaryl/α,β-unsaturated/α-hetero) is 4. The molecule has 0 heterocycles. The minimum atomic E-state index is -2.66. The number of carbonyl (C=O) groups is 6. The Kier molecular flexibility index (Phi) is 10.2. The van der Waals surface area contributed by atoms with Gasteiger partial charge in [0.2, 0.25) is 0 Å². The second-order valence-corrected chi connectivity index (χ2v) is 17.7. The zero-order valence-electron chi connectivity index (χ0n) is 36.8. The molecule has 0 fully saturated rings. The fraction of sp³-hybridized carbons (Fsp3) is 0.292. The quantitative estimate of drug-likeness (QED) is 0.110. The molecule has 0 radical (unpaired) electrons. The highest BCUT2D eigenvalue weighted by atomic mass is 16.5. The topological polar surface area (TPSA) is 373 Å². The molecular formula is C48H40O21. The molecule has 4 aromatic carbocycles. The molecule has 0 aliphatic heterocycles. The molecule has 0 bridgehead atoms. The number of benzene rings is 4. The monoisotopic (exact) mass is 952 g/mol. The lowest BCUT2D eigenvalue weighted by Crippen LogP contribution is -2.61. The summed E-state index contributed by atoms with van der Waals surface area (Å²) < 4.78 is 16.7. The first-order valence-electron chi connectivity index (χ1n) is 20.7. The lowest BCUT2D eigenvalue weighted by molar-refractivity contribution is -0.158. The van der Waals surface area contributed by atoms with Crippen molar-refractivity contribution in [3.63, 3.8) is 0 Å². The highest BCUT2D eigenvalue weighted by Gasteiger charge is 2.58. The minimum absolute atomic E-state index is 0.196. The van der Waals surface area contributed by atoms with Crippen molar-refractivity contribution in [1.82, 2.24) is 0 Å². The van der Waals surface area contributed by atoms with E-state index in [1.54, 1.807) is 0 Å². The Morgan fingerprint density at radius 2 is 0.739 bits per heavy atom. The van der Waals surface area contributed by atoms with E-state index in [-0.39, 0.29) is 5.56 Å². The lowest BCUT2D eigenvalue weighted by Gasteiger charge is -2.44. The summed E-state index contributed by atoms with van der Waals surface area (Å²) >= 11 is 0. The molecule has 4 aromatic rings. The molecule has 0 saturated heterocycles. The molecule has 0 saturated carbocycles. The SMILES string of the molecule is COc1cc(O)c2c(c1-c1c(OC)cc(O)c3c1C(=O)c1cc(C)c(O)c(-c4c(OC)cc(O)c5c4C(=O)C4=C(C5=O)[C@H](O)[C@@H](O)[C@@](C)(O)[C@@H]4O)c1C3=O)C(=O)C1=C(C2=O)[C@H](O)[C@@H](O)[C@@](C)(O)[C@@H]1O. The minimum Gasteiger partial charge on any atom is -0.507 e.